The molecular formula is C17H18BrNO2S. The Balaban J connectivity index is 1.95. The summed E-state index contributed by atoms with van der Waals surface area (Å²) in [5.74, 6) is 0.592. The maximum Gasteiger partial charge on any atom is 0.262 e. The van der Waals surface area contributed by atoms with Crippen LogP contribution in [0.4, 0.5) is 5.69 Å². The van der Waals surface area contributed by atoms with Gasteiger partial charge in [-0.15, -0.1) is 11.8 Å². The average Bonchev–Trinajstić information content (AvgIpc) is 2.47. The van der Waals surface area contributed by atoms with Crippen LogP contribution in [-0.2, 0) is 4.79 Å². The summed E-state index contributed by atoms with van der Waals surface area (Å²) < 4.78 is 6.67. The highest BCUT2D eigenvalue weighted by atomic mass is 79.9. The second-order valence-electron chi connectivity index (χ2n) is 4.93. The number of ether oxygens (including phenoxy) is 1. The van der Waals surface area contributed by atoms with Gasteiger partial charge in [0.2, 0.25) is 0 Å². The fourth-order valence-corrected chi connectivity index (χ4v) is 3.23. The molecule has 2 aromatic rings. The van der Waals surface area contributed by atoms with E-state index in [2.05, 4.69) is 21.2 Å². The number of amides is 1. The van der Waals surface area contributed by atoms with Gasteiger partial charge in [0.15, 0.2) is 6.61 Å². The number of halogens is 1. The highest BCUT2D eigenvalue weighted by Crippen LogP contribution is 2.27. The van der Waals surface area contributed by atoms with Crippen LogP contribution in [0.15, 0.2) is 45.8 Å². The summed E-state index contributed by atoms with van der Waals surface area (Å²) >= 11 is 5.11. The quantitative estimate of drug-likeness (QED) is 0.757. The second-order valence-corrected chi connectivity index (χ2v) is 6.73. The topological polar surface area (TPSA) is 38.3 Å². The monoisotopic (exact) mass is 379 g/mol. The third-order valence-corrected chi connectivity index (χ3v) is 4.35. The Morgan fingerprint density at radius 2 is 1.77 bits per heavy atom. The zero-order valence-electron chi connectivity index (χ0n) is 12.8. The lowest BCUT2D eigenvalue weighted by molar-refractivity contribution is -0.118. The minimum Gasteiger partial charge on any atom is -0.483 e. The molecule has 0 radical (unpaired) electrons. The van der Waals surface area contributed by atoms with Crippen LogP contribution in [0.1, 0.15) is 11.1 Å². The Bertz CT molecular complexity index is 648. The molecule has 3 nitrogen and oxygen atoms in total. The summed E-state index contributed by atoms with van der Waals surface area (Å²) in [7, 11) is 0. The number of carbonyl (C=O) groups excluding carboxylic acids is 1. The Labute approximate surface area is 143 Å². The first kappa shape index (κ1) is 16.9. The molecule has 0 atom stereocenters. The van der Waals surface area contributed by atoms with Gasteiger partial charge in [-0.25, -0.2) is 0 Å². The van der Waals surface area contributed by atoms with Gasteiger partial charge >= 0.3 is 0 Å². The lowest BCUT2D eigenvalue weighted by atomic mass is 10.1. The first-order valence-electron chi connectivity index (χ1n) is 6.83. The van der Waals surface area contributed by atoms with E-state index < -0.39 is 0 Å². The van der Waals surface area contributed by atoms with Crippen molar-refractivity contribution in [2.45, 2.75) is 18.7 Å². The molecule has 0 aliphatic rings. The number of aryl methyl sites for hydroxylation is 2. The van der Waals surface area contributed by atoms with Gasteiger partial charge < -0.3 is 10.1 Å². The molecule has 5 heteroatoms. The lowest BCUT2D eigenvalue weighted by Crippen LogP contribution is -2.20. The van der Waals surface area contributed by atoms with Crippen LogP contribution >= 0.6 is 27.7 Å². The minimum absolute atomic E-state index is 0.00636. The third-order valence-electron chi connectivity index (χ3n) is 3.15. The lowest BCUT2D eigenvalue weighted by Gasteiger charge is -2.13. The zero-order chi connectivity index (χ0) is 16.1. The van der Waals surface area contributed by atoms with Crippen molar-refractivity contribution in [3.05, 3.63) is 52.0 Å². The number of carbonyl (C=O) groups is 1. The van der Waals surface area contributed by atoms with Gasteiger partial charge in [0, 0.05) is 15.1 Å². The molecule has 0 aliphatic heterocycles. The molecule has 0 aromatic heterocycles. The van der Waals surface area contributed by atoms with Crippen molar-refractivity contribution < 1.29 is 9.53 Å². The fourth-order valence-electron chi connectivity index (χ4n) is 2.13. The molecule has 0 heterocycles. The van der Waals surface area contributed by atoms with Crippen molar-refractivity contribution in [1.29, 1.82) is 0 Å². The number of rotatable bonds is 5. The molecule has 0 aliphatic carbocycles. The molecule has 22 heavy (non-hydrogen) atoms. The Hall–Kier alpha value is -1.46. The molecule has 0 bridgehead atoms. The van der Waals surface area contributed by atoms with Gasteiger partial charge in [0.05, 0.1) is 0 Å². The minimum atomic E-state index is -0.168. The summed E-state index contributed by atoms with van der Waals surface area (Å²) in [4.78, 5) is 13.1. The number of thioether (sulfide) groups is 1. The van der Waals surface area contributed by atoms with Crippen LogP contribution in [0.5, 0.6) is 5.75 Å². The maximum atomic E-state index is 12.0. The number of nitrogens with one attached hydrogen (secondary N) is 1. The number of hydrogen-bond acceptors (Lipinski definition) is 3. The first-order valence-corrected chi connectivity index (χ1v) is 8.85. The standard InChI is InChI=1S/C17H18BrNO2S/c1-11-8-13(18)9-12(2)17(11)21-10-16(20)19-14-4-6-15(22-3)7-5-14/h4-9H,10H2,1-3H3,(H,19,20). The second kappa shape index (κ2) is 7.70. The van der Waals surface area contributed by atoms with Crippen LogP contribution in [0, 0.1) is 13.8 Å². The van der Waals surface area contributed by atoms with E-state index in [1.54, 1.807) is 11.8 Å². The third kappa shape index (κ3) is 4.52. The molecule has 0 fully saturated rings. The van der Waals surface area contributed by atoms with Gasteiger partial charge in [0.1, 0.15) is 5.75 Å². The molecule has 1 N–H and O–H groups in total. The van der Waals surface area contributed by atoms with Crippen LogP contribution in [-0.4, -0.2) is 18.8 Å². The van der Waals surface area contributed by atoms with E-state index in [-0.39, 0.29) is 12.5 Å². The molecule has 2 rings (SSSR count). The number of benzene rings is 2. The Morgan fingerprint density at radius 1 is 1.18 bits per heavy atom. The summed E-state index contributed by atoms with van der Waals surface area (Å²) in [6.45, 7) is 3.92. The summed E-state index contributed by atoms with van der Waals surface area (Å²) in [6.07, 6.45) is 2.02. The average molecular weight is 380 g/mol. The summed E-state index contributed by atoms with van der Waals surface area (Å²) in [6, 6.07) is 11.7. The predicted octanol–water partition coefficient (Wildman–Crippen LogP) is 4.81. The van der Waals surface area contributed by atoms with Gasteiger partial charge in [-0.1, -0.05) is 15.9 Å². The molecule has 0 saturated heterocycles. The van der Waals surface area contributed by atoms with Crippen LogP contribution in [0.2, 0.25) is 0 Å². The maximum absolute atomic E-state index is 12.0. The van der Waals surface area contributed by atoms with Gasteiger partial charge in [-0.3, -0.25) is 4.79 Å². The molecule has 0 spiro atoms. The Morgan fingerprint density at radius 3 is 2.32 bits per heavy atom. The Kier molecular flexibility index (Phi) is 5.91. The van der Waals surface area contributed by atoms with Crippen molar-refractivity contribution in [3.8, 4) is 5.75 Å². The fraction of sp³-hybridized carbons (Fsp3) is 0.235. The van der Waals surface area contributed by atoms with Crippen molar-refractivity contribution >= 4 is 39.3 Å². The van der Waals surface area contributed by atoms with E-state index in [1.807, 2.05) is 56.5 Å². The molecular weight excluding hydrogens is 362 g/mol. The predicted molar refractivity (Wildman–Crippen MR) is 96.0 cm³/mol. The summed E-state index contributed by atoms with van der Waals surface area (Å²) in [5.41, 5.74) is 2.78. The van der Waals surface area contributed by atoms with Crippen molar-refractivity contribution in [3.63, 3.8) is 0 Å². The van der Waals surface area contributed by atoms with Crippen LogP contribution in [0.3, 0.4) is 0 Å². The SMILES string of the molecule is CSc1ccc(NC(=O)COc2c(C)cc(Br)cc2C)cc1. The van der Waals surface area contributed by atoms with E-state index >= 15 is 0 Å². The van der Waals surface area contributed by atoms with E-state index in [9.17, 15) is 4.79 Å². The highest BCUT2D eigenvalue weighted by Gasteiger charge is 2.09. The summed E-state index contributed by atoms with van der Waals surface area (Å²) in [5, 5.41) is 2.83. The normalized spacial score (nSPS) is 10.4. The molecule has 0 unspecified atom stereocenters. The van der Waals surface area contributed by atoms with Crippen LogP contribution in [0.25, 0.3) is 0 Å². The molecule has 2 aromatic carbocycles. The van der Waals surface area contributed by atoms with E-state index in [4.69, 9.17) is 4.74 Å². The van der Waals surface area contributed by atoms with Gasteiger partial charge in [-0.2, -0.15) is 0 Å². The van der Waals surface area contributed by atoms with Crippen molar-refractivity contribution in [2.24, 2.45) is 0 Å². The highest BCUT2D eigenvalue weighted by molar-refractivity contribution is 9.10. The smallest absolute Gasteiger partial charge is 0.262 e. The first-order chi connectivity index (χ1) is 10.5. The zero-order valence-corrected chi connectivity index (χ0v) is 15.2. The largest absolute Gasteiger partial charge is 0.483 e. The van der Waals surface area contributed by atoms with E-state index in [1.165, 1.54) is 0 Å². The molecule has 116 valence electrons. The van der Waals surface area contributed by atoms with E-state index in [0.29, 0.717) is 0 Å². The van der Waals surface area contributed by atoms with Gasteiger partial charge in [-0.05, 0) is 67.6 Å². The number of anilines is 1. The van der Waals surface area contributed by atoms with E-state index in [0.717, 1.165) is 31.9 Å². The van der Waals surface area contributed by atoms with Crippen LogP contribution < -0.4 is 10.1 Å². The van der Waals surface area contributed by atoms with Crippen molar-refractivity contribution in [2.75, 3.05) is 18.2 Å². The van der Waals surface area contributed by atoms with Gasteiger partial charge in [0.25, 0.3) is 5.91 Å². The van der Waals surface area contributed by atoms with Crippen molar-refractivity contribution in [1.82, 2.24) is 0 Å². The molecule has 1 amide bonds. The molecule has 0 saturated carbocycles. The number of hydrogen-bond donors (Lipinski definition) is 1.